The maximum absolute atomic E-state index is 6.14. The number of ether oxygens (including phenoxy) is 1. The van der Waals surface area contributed by atoms with Crippen molar-refractivity contribution in [3.8, 4) is 5.75 Å². The molecule has 0 spiro atoms. The molecule has 3 heterocycles. The summed E-state index contributed by atoms with van der Waals surface area (Å²) in [5.41, 5.74) is 5.41. The Balaban J connectivity index is 1.41. The van der Waals surface area contributed by atoms with E-state index in [1.807, 2.05) is 11.3 Å². The van der Waals surface area contributed by atoms with Gasteiger partial charge in [0.2, 0.25) is 0 Å². The fourth-order valence-electron chi connectivity index (χ4n) is 5.30. The molecule has 3 aliphatic rings. The van der Waals surface area contributed by atoms with Crippen molar-refractivity contribution in [3.05, 3.63) is 63.4 Å². The first-order valence-electron chi connectivity index (χ1n) is 12.2. The second-order valence-corrected chi connectivity index (χ2v) is 10.8. The molecule has 0 amide bonds. The summed E-state index contributed by atoms with van der Waals surface area (Å²) in [4.78, 5) is 5.07. The van der Waals surface area contributed by atoms with Crippen LogP contribution in [-0.4, -0.2) is 35.0 Å². The Morgan fingerprint density at radius 1 is 1.25 bits per heavy atom. The average molecular weight is 464 g/mol. The Hall–Kier alpha value is -1.75. The molecule has 0 saturated carbocycles. The summed E-state index contributed by atoms with van der Waals surface area (Å²) in [5, 5.41) is 2.35. The van der Waals surface area contributed by atoms with E-state index in [9.17, 15) is 0 Å². The van der Waals surface area contributed by atoms with E-state index >= 15 is 0 Å². The van der Waals surface area contributed by atoms with E-state index in [-0.39, 0.29) is 12.0 Å². The normalized spacial score (nSPS) is 24.3. The molecule has 0 radical (unpaired) electrons. The predicted molar refractivity (Wildman–Crippen MR) is 141 cm³/mol. The van der Waals surface area contributed by atoms with Crippen molar-refractivity contribution in [2.75, 3.05) is 13.1 Å². The SMILES string of the molecule is CCC(C)Oc1cccc(C2C=Cc3scc(C4=CCN5CCCCC5CC4)c3C2=S)c1. The van der Waals surface area contributed by atoms with Gasteiger partial charge in [-0.15, -0.1) is 11.3 Å². The first-order chi connectivity index (χ1) is 15.6. The highest BCUT2D eigenvalue weighted by molar-refractivity contribution is 7.81. The molecule has 3 atom stereocenters. The summed E-state index contributed by atoms with van der Waals surface area (Å²) in [5.74, 6) is 1.07. The van der Waals surface area contributed by atoms with E-state index in [0.29, 0.717) is 0 Å². The Morgan fingerprint density at radius 3 is 3.03 bits per heavy atom. The first-order valence-corrected chi connectivity index (χ1v) is 13.5. The highest BCUT2D eigenvalue weighted by Crippen LogP contribution is 2.41. The van der Waals surface area contributed by atoms with Gasteiger partial charge in [-0.25, -0.2) is 0 Å². The lowest BCUT2D eigenvalue weighted by Gasteiger charge is -2.33. The van der Waals surface area contributed by atoms with Gasteiger partial charge in [0.25, 0.3) is 0 Å². The Kier molecular flexibility index (Phi) is 6.64. The summed E-state index contributed by atoms with van der Waals surface area (Å²) in [6.07, 6.45) is 14.8. The molecule has 1 fully saturated rings. The monoisotopic (exact) mass is 463 g/mol. The van der Waals surface area contributed by atoms with Gasteiger partial charge in [-0.3, -0.25) is 4.90 Å². The summed E-state index contributed by atoms with van der Waals surface area (Å²) >= 11 is 7.98. The van der Waals surface area contributed by atoms with Crippen molar-refractivity contribution < 1.29 is 4.74 Å². The van der Waals surface area contributed by atoms with Crippen LogP contribution in [0, 0.1) is 0 Å². The van der Waals surface area contributed by atoms with E-state index in [1.165, 1.54) is 65.8 Å². The van der Waals surface area contributed by atoms with Crippen LogP contribution in [0.5, 0.6) is 5.75 Å². The topological polar surface area (TPSA) is 12.5 Å². The number of allylic oxidation sites excluding steroid dienone is 2. The van der Waals surface area contributed by atoms with Crippen LogP contribution >= 0.6 is 23.6 Å². The van der Waals surface area contributed by atoms with Crippen LogP contribution in [0.15, 0.2) is 41.8 Å². The molecule has 1 aromatic heterocycles. The van der Waals surface area contributed by atoms with Crippen molar-refractivity contribution in [1.82, 2.24) is 4.90 Å². The minimum Gasteiger partial charge on any atom is -0.491 e. The summed E-state index contributed by atoms with van der Waals surface area (Å²) in [7, 11) is 0. The van der Waals surface area contributed by atoms with E-state index in [4.69, 9.17) is 17.0 Å². The summed E-state index contributed by atoms with van der Waals surface area (Å²) in [6, 6.07) is 9.27. The zero-order valence-electron chi connectivity index (χ0n) is 19.2. The summed E-state index contributed by atoms with van der Waals surface area (Å²) < 4.78 is 6.08. The van der Waals surface area contributed by atoms with Crippen LogP contribution < -0.4 is 4.74 Å². The van der Waals surface area contributed by atoms with Gasteiger partial charge in [0.1, 0.15) is 5.75 Å². The lowest BCUT2D eigenvalue weighted by Crippen LogP contribution is -2.38. The third-order valence-electron chi connectivity index (χ3n) is 7.33. The molecule has 5 rings (SSSR count). The Bertz CT molecular complexity index is 1050. The van der Waals surface area contributed by atoms with Crippen LogP contribution in [0.2, 0.25) is 0 Å². The number of thiocarbonyl (C=S) groups is 1. The number of nitrogens with zero attached hydrogens (tertiary/aromatic N) is 1. The quantitative estimate of drug-likeness (QED) is 0.426. The largest absolute Gasteiger partial charge is 0.491 e. The molecule has 2 aromatic rings. The standard InChI is InChI=1S/C28H33NOS2/c1-3-19(2)30-23-9-6-7-21(17-23)24-12-13-26-27(28(24)31)25(18-32-26)20-10-11-22-8-4-5-15-29(22)16-14-20/h6-7,9,12-14,17-19,22,24H,3-5,8,10-11,15-16H2,1-2H3. The number of thiophene rings is 1. The third kappa shape index (κ3) is 4.37. The lowest BCUT2D eigenvalue weighted by atomic mass is 9.84. The second-order valence-electron chi connectivity index (χ2n) is 9.41. The number of fused-ring (bicyclic) bond motifs is 2. The maximum Gasteiger partial charge on any atom is 0.120 e. The number of rotatable bonds is 5. The van der Waals surface area contributed by atoms with Gasteiger partial charge in [0, 0.05) is 33.8 Å². The van der Waals surface area contributed by atoms with Crippen LogP contribution in [-0.2, 0) is 0 Å². The van der Waals surface area contributed by atoms with Crippen LogP contribution in [0.3, 0.4) is 0 Å². The zero-order valence-corrected chi connectivity index (χ0v) is 20.8. The third-order valence-corrected chi connectivity index (χ3v) is 8.74. The molecule has 1 saturated heterocycles. The van der Waals surface area contributed by atoms with E-state index in [2.05, 4.69) is 66.6 Å². The highest BCUT2D eigenvalue weighted by Gasteiger charge is 2.29. The molecule has 2 aliphatic heterocycles. The molecule has 168 valence electrons. The van der Waals surface area contributed by atoms with Crippen molar-refractivity contribution >= 4 is 40.1 Å². The summed E-state index contributed by atoms with van der Waals surface area (Å²) in [6.45, 7) is 6.62. The van der Waals surface area contributed by atoms with Crippen molar-refractivity contribution in [1.29, 1.82) is 0 Å². The Labute approximate surface area is 202 Å². The van der Waals surface area contributed by atoms with E-state index < -0.39 is 0 Å². The molecule has 4 heteroatoms. The average Bonchev–Trinajstić information content (AvgIpc) is 3.13. The molecule has 2 nitrogen and oxygen atoms in total. The molecular weight excluding hydrogens is 430 g/mol. The lowest BCUT2D eigenvalue weighted by molar-refractivity contribution is 0.161. The number of hydrogen-bond acceptors (Lipinski definition) is 4. The molecular formula is C28H33NOS2. The maximum atomic E-state index is 6.14. The fraction of sp³-hybridized carbons (Fsp3) is 0.464. The Morgan fingerprint density at radius 2 is 2.16 bits per heavy atom. The number of hydrogen-bond donors (Lipinski definition) is 0. The van der Waals surface area contributed by atoms with Crippen molar-refractivity contribution in [3.63, 3.8) is 0 Å². The predicted octanol–water partition coefficient (Wildman–Crippen LogP) is 7.49. The minimum absolute atomic E-state index is 0.129. The number of piperidine rings is 1. The van der Waals surface area contributed by atoms with Gasteiger partial charge in [-0.1, -0.05) is 49.8 Å². The molecule has 0 bridgehead atoms. The van der Waals surface area contributed by atoms with Gasteiger partial charge in [0.15, 0.2) is 0 Å². The highest BCUT2D eigenvalue weighted by atomic mass is 32.1. The van der Waals surface area contributed by atoms with Crippen molar-refractivity contribution in [2.24, 2.45) is 0 Å². The molecule has 0 N–H and O–H groups in total. The van der Waals surface area contributed by atoms with Gasteiger partial charge in [-0.05, 0) is 85.9 Å². The molecule has 1 aromatic carbocycles. The zero-order chi connectivity index (χ0) is 22.1. The molecule has 32 heavy (non-hydrogen) atoms. The molecule has 1 aliphatic carbocycles. The number of benzene rings is 1. The first kappa shape index (κ1) is 22.1. The fourth-order valence-corrected chi connectivity index (χ4v) is 6.80. The van der Waals surface area contributed by atoms with Crippen molar-refractivity contribution in [2.45, 2.75) is 70.4 Å². The van der Waals surface area contributed by atoms with Gasteiger partial charge in [-0.2, -0.15) is 0 Å². The van der Waals surface area contributed by atoms with E-state index in [0.717, 1.165) is 29.6 Å². The van der Waals surface area contributed by atoms with Gasteiger partial charge in [0.05, 0.1) is 6.10 Å². The minimum atomic E-state index is 0.129. The van der Waals surface area contributed by atoms with E-state index in [1.54, 1.807) is 0 Å². The van der Waals surface area contributed by atoms with Crippen LogP contribution in [0.4, 0.5) is 0 Å². The second kappa shape index (κ2) is 9.62. The smallest absolute Gasteiger partial charge is 0.120 e. The van der Waals surface area contributed by atoms with Gasteiger partial charge >= 0.3 is 0 Å². The van der Waals surface area contributed by atoms with Crippen LogP contribution in [0.25, 0.3) is 11.6 Å². The van der Waals surface area contributed by atoms with Gasteiger partial charge < -0.3 is 4.74 Å². The van der Waals surface area contributed by atoms with Crippen LogP contribution in [0.1, 0.15) is 79.9 Å². The molecule has 3 unspecified atom stereocenters.